The average molecular weight is 220 g/mol. The third kappa shape index (κ3) is 1.77. The van der Waals surface area contributed by atoms with E-state index in [4.69, 9.17) is 5.73 Å². The van der Waals surface area contributed by atoms with Gasteiger partial charge in [0.25, 0.3) is 0 Å². The maximum atomic E-state index is 5.55. The van der Waals surface area contributed by atoms with Crippen LogP contribution in [0.3, 0.4) is 0 Å². The summed E-state index contributed by atoms with van der Waals surface area (Å²) >= 11 is 1.85. The van der Waals surface area contributed by atoms with Crippen LogP contribution in [-0.4, -0.2) is 16.9 Å². The number of para-hydroxylation sites is 1. The molecule has 1 aromatic heterocycles. The number of rotatable bonds is 3. The molecule has 0 saturated carbocycles. The fraction of sp³-hybridized carbons (Fsp3) is 0.333. The zero-order valence-corrected chi connectivity index (χ0v) is 9.97. The van der Waals surface area contributed by atoms with Crippen LogP contribution < -0.4 is 5.73 Å². The summed E-state index contributed by atoms with van der Waals surface area (Å²) in [6.07, 6.45) is 0. The highest BCUT2D eigenvalue weighted by Gasteiger charge is 2.10. The molecule has 0 spiro atoms. The second-order valence-electron chi connectivity index (χ2n) is 3.63. The van der Waals surface area contributed by atoms with E-state index in [0.717, 1.165) is 12.3 Å². The molecule has 15 heavy (non-hydrogen) atoms. The van der Waals surface area contributed by atoms with Crippen molar-refractivity contribution in [1.29, 1.82) is 0 Å². The smallest absolute Gasteiger partial charge is 0.0491 e. The highest BCUT2D eigenvalue weighted by Crippen LogP contribution is 2.32. The first kappa shape index (κ1) is 10.6. The Morgan fingerprint density at radius 3 is 2.80 bits per heavy atom. The number of nitrogens with zero attached hydrogens (tertiary/aromatic N) is 1. The van der Waals surface area contributed by atoms with E-state index in [0.29, 0.717) is 0 Å². The molecule has 0 bridgehead atoms. The van der Waals surface area contributed by atoms with Gasteiger partial charge in [-0.25, -0.2) is 0 Å². The summed E-state index contributed by atoms with van der Waals surface area (Å²) < 4.78 is 2.24. The number of aryl methyl sites for hydroxylation is 1. The molecule has 1 aromatic carbocycles. The second-order valence-corrected chi connectivity index (χ2v) is 4.73. The molecule has 0 amide bonds. The molecule has 0 saturated heterocycles. The number of thioether (sulfide) groups is 1. The van der Waals surface area contributed by atoms with Crippen molar-refractivity contribution < 1.29 is 0 Å². The summed E-state index contributed by atoms with van der Waals surface area (Å²) in [7, 11) is 2.12. The largest absolute Gasteiger partial charge is 0.347 e. The van der Waals surface area contributed by atoms with Crippen LogP contribution in [0.25, 0.3) is 10.9 Å². The summed E-state index contributed by atoms with van der Waals surface area (Å²) in [5.41, 5.74) is 8.18. The molecule has 2 rings (SSSR count). The summed E-state index contributed by atoms with van der Waals surface area (Å²) in [5.74, 6) is 0.981. The Morgan fingerprint density at radius 1 is 1.33 bits per heavy atom. The number of aromatic nitrogens is 1. The summed E-state index contributed by atoms with van der Waals surface area (Å²) in [5, 5.41) is 1.34. The fourth-order valence-corrected chi connectivity index (χ4v) is 2.83. The van der Waals surface area contributed by atoms with Gasteiger partial charge in [-0.05, 0) is 13.0 Å². The predicted molar refractivity (Wildman–Crippen MR) is 67.4 cm³/mol. The quantitative estimate of drug-likeness (QED) is 0.806. The van der Waals surface area contributed by atoms with Crippen molar-refractivity contribution >= 4 is 22.7 Å². The van der Waals surface area contributed by atoms with E-state index >= 15 is 0 Å². The van der Waals surface area contributed by atoms with Crippen LogP contribution in [0, 0.1) is 6.92 Å². The molecule has 0 unspecified atom stereocenters. The molecule has 3 heteroatoms. The lowest BCUT2D eigenvalue weighted by atomic mass is 10.2. The first-order valence-electron chi connectivity index (χ1n) is 5.12. The van der Waals surface area contributed by atoms with Gasteiger partial charge < -0.3 is 10.3 Å². The van der Waals surface area contributed by atoms with Gasteiger partial charge in [-0.15, -0.1) is 11.8 Å². The molecule has 2 nitrogen and oxygen atoms in total. The Hall–Kier alpha value is -0.930. The van der Waals surface area contributed by atoms with Crippen molar-refractivity contribution in [3.05, 3.63) is 30.0 Å². The first-order chi connectivity index (χ1) is 7.25. The van der Waals surface area contributed by atoms with Gasteiger partial charge in [0.15, 0.2) is 0 Å². The van der Waals surface area contributed by atoms with Crippen molar-refractivity contribution in [2.45, 2.75) is 11.8 Å². The third-order valence-electron chi connectivity index (χ3n) is 2.71. The normalized spacial score (nSPS) is 11.1. The Kier molecular flexibility index (Phi) is 3.03. The SMILES string of the molecule is Cc1c(SCCN)c2ccccc2n1C. The number of hydrogen-bond acceptors (Lipinski definition) is 2. The predicted octanol–water partition coefficient (Wildman–Crippen LogP) is 2.54. The molecule has 0 atom stereocenters. The average Bonchev–Trinajstić information content (AvgIpc) is 2.51. The van der Waals surface area contributed by atoms with Gasteiger partial charge in [-0.1, -0.05) is 18.2 Å². The number of fused-ring (bicyclic) bond motifs is 1. The van der Waals surface area contributed by atoms with Crippen LogP contribution in [0.15, 0.2) is 29.2 Å². The molecular formula is C12H16N2S. The monoisotopic (exact) mass is 220 g/mol. The van der Waals surface area contributed by atoms with E-state index in [9.17, 15) is 0 Å². The maximum absolute atomic E-state index is 5.55. The van der Waals surface area contributed by atoms with E-state index in [1.807, 2.05) is 11.8 Å². The minimum absolute atomic E-state index is 0.729. The van der Waals surface area contributed by atoms with E-state index in [1.54, 1.807) is 0 Å². The molecule has 0 aliphatic heterocycles. The van der Waals surface area contributed by atoms with Gasteiger partial charge in [0, 0.05) is 40.8 Å². The second kappa shape index (κ2) is 4.29. The molecule has 0 fully saturated rings. The lowest BCUT2D eigenvalue weighted by Gasteiger charge is -2.00. The fourth-order valence-electron chi connectivity index (χ4n) is 1.83. The van der Waals surface area contributed by atoms with Gasteiger partial charge in [0.2, 0.25) is 0 Å². The highest BCUT2D eigenvalue weighted by atomic mass is 32.2. The van der Waals surface area contributed by atoms with Crippen LogP contribution in [0.5, 0.6) is 0 Å². The van der Waals surface area contributed by atoms with Crippen molar-refractivity contribution in [2.75, 3.05) is 12.3 Å². The third-order valence-corrected chi connectivity index (χ3v) is 3.95. The molecule has 0 aliphatic carbocycles. The van der Waals surface area contributed by atoms with Gasteiger partial charge in [0.05, 0.1) is 0 Å². The van der Waals surface area contributed by atoms with Crippen LogP contribution >= 0.6 is 11.8 Å². The van der Waals surface area contributed by atoms with E-state index < -0.39 is 0 Å². The first-order valence-corrected chi connectivity index (χ1v) is 6.11. The zero-order valence-electron chi connectivity index (χ0n) is 9.16. The van der Waals surface area contributed by atoms with Crippen molar-refractivity contribution in [3.63, 3.8) is 0 Å². The number of benzene rings is 1. The minimum atomic E-state index is 0.729. The van der Waals surface area contributed by atoms with Gasteiger partial charge in [-0.3, -0.25) is 0 Å². The zero-order chi connectivity index (χ0) is 10.8. The molecule has 0 radical (unpaired) electrons. The number of nitrogens with two attached hydrogens (primary N) is 1. The summed E-state index contributed by atoms with van der Waals surface area (Å²) in [6, 6.07) is 8.52. The van der Waals surface area contributed by atoms with Crippen molar-refractivity contribution in [1.82, 2.24) is 4.57 Å². The Morgan fingerprint density at radius 2 is 2.07 bits per heavy atom. The highest BCUT2D eigenvalue weighted by molar-refractivity contribution is 7.99. The molecule has 1 heterocycles. The molecular weight excluding hydrogens is 204 g/mol. The van der Waals surface area contributed by atoms with E-state index in [2.05, 4.69) is 42.8 Å². The Labute approximate surface area is 94.5 Å². The lowest BCUT2D eigenvalue weighted by molar-refractivity contribution is 0.900. The Bertz CT molecular complexity index is 474. The summed E-state index contributed by atoms with van der Waals surface area (Å²) in [4.78, 5) is 1.37. The van der Waals surface area contributed by atoms with Gasteiger partial charge in [0.1, 0.15) is 0 Å². The molecule has 80 valence electrons. The lowest BCUT2D eigenvalue weighted by Crippen LogP contribution is -2.01. The minimum Gasteiger partial charge on any atom is -0.347 e. The van der Waals surface area contributed by atoms with E-state index in [1.165, 1.54) is 21.5 Å². The topological polar surface area (TPSA) is 30.9 Å². The number of hydrogen-bond donors (Lipinski definition) is 1. The molecule has 2 N–H and O–H groups in total. The van der Waals surface area contributed by atoms with Crippen molar-refractivity contribution in [2.24, 2.45) is 12.8 Å². The Balaban J connectivity index is 2.56. The summed E-state index contributed by atoms with van der Waals surface area (Å²) in [6.45, 7) is 2.90. The molecule has 2 aromatic rings. The van der Waals surface area contributed by atoms with Crippen LogP contribution in [0.1, 0.15) is 5.69 Å². The van der Waals surface area contributed by atoms with Crippen molar-refractivity contribution in [3.8, 4) is 0 Å². The molecule has 0 aliphatic rings. The maximum Gasteiger partial charge on any atom is 0.0491 e. The van der Waals surface area contributed by atoms with E-state index in [-0.39, 0.29) is 0 Å². The van der Waals surface area contributed by atoms with Crippen LogP contribution in [-0.2, 0) is 7.05 Å². The van der Waals surface area contributed by atoms with Crippen LogP contribution in [0.4, 0.5) is 0 Å². The standard InChI is InChI=1S/C12H16N2S/c1-9-12(15-8-7-13)10-5-3-4-6-11(10)14(9)2/h3-6H,7-8,13H2,1-2H3. The van der Waals surface area contributed by atoms with Crippen LogP contribution in [0.2, 0.25) is 0 Å². The van der Waals surface area contributed by atoms with Gasteiger partial charge in [-0.2, -0.15) is 0 Å². The van der Waals surface area contributed by atoms with Gasteiger partial charge >= 0.3 is 0 Å².